The van der Waals surface area contributed by atoms with Gasteiger partial charge < -0.3 is 10.1 Å². The van der Waals surface area contributed by atoms with E-state index in [1.165, 1.54) is 48.8 Å². The number of nitrogens with one attached hydrogen (secondary N) is 1. The van der Waals surface area contributed by atoms with Crippen molar-refractivity contribution < 1.29 is 14.3 Å². The largest absolute Gasteiger partial charge is 0.465 e. The molecule has 31 heavy (non-hydrogen) atoms. The summed E-state index contributed by atoms with van der Waals surface area (Å²) >= 11 is 1.46. The molecule has 0 saturated heterocycles. The molecule has 2 aromatic rings. The zero-order valence-corrected chi connectivity index (χ0v) is 20.3. The molecule has 1 N–H and O–H groups in total. The number of unbranched alkanes of at least 4 members (excludes halogenated alkanes) is 1. The average molecular weight is 442 g/mol. The highest BCUT2D eigenvalue weighted by molar-refractivity contribution is 7.17. The summed E-state index contributed by atoms with van der Waals surface area (Å²) in [5, 5.41) is 3.70. The maximum Gasteiger partial charge on any atom is 0.341 e. The zero-order chi connectivity index (χ0) is 22.5. The third-order valence-electron chi connectivity index (χ3n) is 6.69. The Morgan fingerprint density at radius 1 is 1.10 bits per heavy atom. The molecule has 0 radical (unpaired) electrons. The van der Waals surface area contributed by atoms with Crippen molar-refractivity contribution in [2.45, 2.75) is 72.6 Å². The van der Waals surface area contributed by atoms with E-state index in [9.17, 15) is 9.59 Å². The Bertz CT molecular complexity index is 938. The average Bonchev–Trinajstić information content (AvgIpc) is 3.09. The van der Waals surface area contributed by atoms with Gasteiger partial charge in [0, 0.05) is 16.4 Å². The number of amides is 1. The maximum atomic E-state index is 13.1. The SMILES string of the molecule is CCCCC1CCC(C(=O)Nc2sc(C)c(-c3ccc(C)c(C)c3)c2C(=O)OC)CC1. The van der Waals surface area contributed by atoms with Gasteiger partial charge in [0.15, 0.2) is 0 Å². The Morgan fingerprint density at radius 3 is 2.42 bits per heavy atom. The second-order valence-corrected chi connectivity index (χ2v) is 10.1. The van der Waals surface area contributed by atoms with Crippen LogP contribution in [-0.2, 0) is 9.53 Å². The standard InChI is InChI=1S/C26H35NO3S/c1-6-7-8-19-10-13-20(14-11-19)24(28)27-25-23(26(29)30-5)22(18(4)31-25)21-12-9-16(2)17(3)15-21/h9,12,15,19-20H,6-8,10-11,13-14H2,1-5H3,(H,27,28). The number of thiophene rings is 1. The van der Waals surface area contributed by atoms with Gasteiger partial charge in [-0.2, -0.15) is 0 Å². The van der Waals surface area contributed by atoms with Gasteiger partial charge in [-0.1, -0.05) is 44.4 Å². The number of ether oxygens (including phenoxy) is 1. The molecule has 0 atom stereocenters. The number of aryl methyl sites for hydroxylation is 3. The summed E-state index contributed by atoms with van der Waals surface area (Å²) in [7, 11) is 1.39. The fourth-order valence-corrected chi connectivity index (χ4v) is 5.66. The van der Waals surface area contributed by atoms with Crippen LogP contribution < -0.4 is 5.32 Å². The van der Waals surface area contributed by atoms with Crippen LogP contribution in [0.25, 0.3) is 11.1 Å². The minimum atomic E-state index is -0.406. The van der Waals surface area contributed by atoms with Gasteiger partial charge in [0.05, 0.1) is 7.11 Å². The lowest BCUT2D eigenvalue weighted by Crippen LogP contribution is -2.27. The number of rotatable bonds is 7. The van der Waals surface area contributed by atoms with Crippen LogP contribution in [0.4, 0.5) is 5.00 Å². The first kappa shape index (κ1) is 23.5. The molecule has 1 amide bonds. The number of esters is 1. The van der Waals surface area contributed by atoms with Gasteiger partial charge in [0.2, 0.25) is 5.91 Å². The second-order valence-electron chi connectivity index (χ2n) is 8.88. The number of carbonyl (C=O) groups is 2. The normalized spacial score (nSPS) is 18.6. The number of hydrogen-bond acceptors (Lipinski definition) is 4. The van der Waals surface area contributed by atoms with Gasteiger partial charge in [-0.15, -0.1) is 11.3 Å². The highest BCUT2D eigenvalue weighted by Crippen LogP contribution is 2.41. The van der Waals surface area contributed by atoms with Crippen molar-refractivity contribution in [3.63, 3.8) is 0 Å². The summed E-state index contributed by atoms with van der Waals surface area (Å²) < 4.78 is 5.10. The van der Waals surface area contributed by atoms with E-state index < -0.39 is 5.97 Å². The topological polar surface area (TPSA) is 55.4 Å². The van der Waals surface area contributed by atoms with E-state index in [2.05, 4.69) is 38.2 Å². The Kier molecular flexibility index (Phi) is 7.93. The molecular weight excluding hydrogens is 406 g/mol. The van der Waals surface area contributed by atoms with Crippen molar-refractivity contribution in [3.05, 3.63) is 39.8 Å². The summed E-state index contributed by atoms with van der Waals surface area (Å²) in [4.78, 5) is 26.8. The minimum Gasteiger partial charge on any atom is -0.465 e. The highest BCUT2D eigenvalue weighted by atomic mass is 32.1. The summed E-state index contributed by atoms with van der Waals surface area (Å²) in [5.41, 5.74) is 4.69. The Morgan fingerprint density at radius 2 is 1.81 bits per heavy atom. The van der Waals surface area contributed by atoms with E-state index in [4.69, 9.17) is 4.74 Å². The molecule has 1 fully saturated rings. The number of methoxy groups -OCH3 is 1. The number of anilines is 1. The predicted octanol–water partition coefficient (Wildman–Crippen LogP) is 7.06. The second kappa shape index (κ2) is 10.4. The van der Waals surface area contributed by atoms with Gasteiger partial charge in [-0.25, -0.2) is 4.79 Å². The highest BCUT2D eigenvalue weighted by Gasteiger charge is 2.29. The summed E-state index contributed by atoms with van der Waals surface area (Å²) in [6.07, 6.45) is 7.90. The molecular formula is C26H35NO3S. The van der Waals surface area contributed by atoms with Crippen LogP contribution in [0.3, 0.4) is 0 Å². The van der Waals surface area contributed by atoms with E-state index in [0.29, 0.717) is 10.6 Å². The predicted molar refractivity (Wildman–Crippen MR) is 129 cm³/mol. The smallest absolute Gasteiger partial charge is 0.341 e. The molecule has 0 aliphatic heterocycles. The molecule has 0 bridgehead atoms. The molecule has 168 valence electrons. The monoisotopic (exact) mass is 441 g/mol. The Labute approximate surface area is 190 Å². The molecule has 0 unspecified atom stereocenters. The zero-order valence-electron chi connectivity index (χ0n) is 19.5. The fourth-order valence-electron chi connectivity index (χ4n) is 4.59. The van der Waals surface area contributed by atoms with Crippen molar-refractivity contribution in [1.82, 2.24) is 0 Å². The molecule has 5 heteroatoms. The molecule has 3 rings (SSSR count). The third-order valence-corrected chi connectivity index (χ3v) is 7.71. The van der Waals surface area contributed by atoms with Crippen LogP contribution >= 0.6 is 11.3 Å². The van der Waals surface area contributed by atoms with E-state index in [-0.39, 0.29) is 11.8 Å². The summed E-state index contributed by atoms with van der Waals surface area (Å²) in [6, 6.07) is 6.20. The first-order valence-electron chi connectivity index (χ1n) is 11.5. The van der Waals surface area contributed by atoms with E-state index >= 15 is 0 Å². The summed E-state index contributed by atoms with van der Waals surface area (Å²) in [5.74, 6) is 0.411. The molecule has 1 aromatic carbocycles. The molecule has 1 aliphatic rings. The van der Waals surface area contributed by atoms with Gasteiger partial charge in [-0.3, -0.25) is 4.79 Å². The van der Waals surface area contributed by atoms with Gasteiger partial charge in [0.25, 0.3) is 0 Å². The first-order chi connectivity index (χ1) is 14.8. The maximum absolute atomic E-state index is 13.1. The lowest BCUT2D eigenvalue weighted by atomic mass is 9.79. The van der Waals surface area contributed by atoms with E-state index in [0.717, 1.165) is 47.6 Å². The molecule has 0 spiro atoms. The Hall–Kier alpha value is -2.14. The van der Waals surface area contributed by atoms with Crippen LogP contribution in [-0.4, -0.2) is 19.0 Å². The van der Waals surface area contributed by atoms with Crippen molar-refractivity contribution >= 4 is 28.2 Å². The molecule has 1 aliphatic carbocycles. The molecule has 1 aromatic heterocycles. The van der Waals surface area contributed by atoms with Crippen LogP contribution in [0.5, 0.6) is 0 Å². The van der Waals surface area contributed by atoms with Crippen LogP contribution in [0.1, 0.15) is 78.2 Å². The van der Waals surface area contributed by atoms with Gasteiger partial charge in [-0.05, 0) is 69.1 Å². The molecule has 1 heterocycles. The van der Waals surface area contributed by atoms with E-state index in [1.807, 2.05) is 13.0 Å². The lowest BCUT2D eigenvalue weighted by molar-refractivity contribution is -0.121. The number of hydrogen-bond donors (Lipinski definition) is 1. The number of benzene rings is 1. The van der Waals surface area contributed by atoms with Crippen molar-refractivity contribution in [1.29, 1.82) is 0 Å². The van der Waals surface area contributed by atoms with Crippen LogP contribution in [0.15, 0.2) is 18.2 Å². The fraction of sp³-hybridized carbons (Fsp3) is 0.538. The summed E-state index contributed by atoms with van der Waals surface area (Å²) in [6.45, 7) is 8.37. The Balaban J connectivity index is 1.82. The molecule has 1 saturated carbocycles. The van der Waals surface area contributed by atoms with Crippen molar-refractivity contribution in [2.75, 3.05) is 12.4 Å². The quantitative estimate of drug-likeness (QED) is 0.468. The van der Waals surface area contributed by atoms with Crippen molar-refractivity contribution in [3.8, 4) is 11.1 Å². The van der Waals surface area contributed by atoms with Crippen molar-refractivity contribution in [2.24, 2.45) is 11.8 Å². The van der Waals surface area contributed by atoms with Gasteiger partial charge in [0.1, 0.15) is 10.6 Å². The first-order valence-corrected chi connectivity index (χ1v) is 12.3. The van der Waals surface area contributed by atoms with Crippen LogP contribution in [0, 0.1) is 32.6 Å². The van der Waals surface area contributed by atoms with Gasteiger partial charge >= 0.3 is 5.97 Å². The minimum absolute atomic E-state index is 0.0239. The number of carbonyl (C=O) groups excluding carboxylic acids is 2. The lowest BCUT2D eigenvalue weighted by Gasteiger charge is -2.27. The van der Waals surface area contributed by atoms with E-state index in [1.54, 1.807) is 0 Å². The molecule has 4 nitrogen and oxygen atoms in total. The third kappa shape index (κ3) is 5.38. The van der Waals surface area contributed by atoms with Crippen LogP contribution in [0.2, 0.25) is 0 Å².